The van der Waals surface area contributed by atoms with Crippen molar-refractivity contribution in [3.8, 4) is 5.75 Å². The van der Waals surface area contributed by atoms with Gasteiger partial charge in [-0.2, -0.15) is 0 Å². The summed E-state index contributed by atoms with van der Waals surface area (Å²) in [5.74, 6) is -0.131. The molecule has 0 bridgehead atoms. The van der Waals surface area contributed by atoms with Crippen LogP contribution in [0.15, 0.2) is 71.6 Å². The first-order chi connectivity index (χ1) is 20.4. The van der Waals surface area contributed by atoms with Gasteiger partial charge in [0.25, 0.3) is 10.0 Å². The Labute approximate surface area is 265 Å². The first-order valence-electron chi connectivity index (χ1n) is 14.2. The Balaban J connectivity index is 2.07. The molecule has 0 aliphatic carbocycles. The molecule has 3 rings (SSSR count). The topological polar surface area (TPSA) is 96.0 Å². The molecule has 8 nitrogen and oxygen atoms in total. The van der Waals surface area contributed by atoms with Crippen LogP contribution in [0.1, 0.15) is 45.2 Å². The Morgan fingerprint density at radius 2 is 1.60 bits per heavy atom. The molecule has 0 aromatic heterocycles. The molecule has 0 aliphatic rings. The van der Waals surface area contributed by atoms with Crippen LogP contribution >= 0.6 is 23.2 Å². The molecule has 0 saturated heterocycles. The number of amides is 2. The Morgan fingerprint density at radius 3 is 2.16 bits per heavy atom. The first kappa shape index (κ1) is 34.2. The van der Waals surface area contributed by atoms with Gasteiger partial charge >= 0.3 is 0 Å². The maximum absolute atomic E-state index is 14.2. The van der Waals surface area contributed by atoms with E-state index >= 15 is 0 Å². The number of carbonyl (C=O) groups excluding carboxylic acids is 2. The highest BCUT2D eigenvalue weighted by Crippen LogP contribution is 2.28. The van der Waals surface area contributed by atoms with Crippen molar-refractivity contribution < 1.29 is 22.7 Å². The number of halogens is 2. The van der Waals surface area contributed by atoms with Crippen molar-refractivity contribution in [3.05, 3.63) is 87.9 Å². The van der Waals surface area contributed by atoms with E-state index in [2.05, 4.69) is 5.32 Å². The lowest BCUT2D eigenvalue weighted by atomic mass is 10.1. The second-order valence-corrected chi connectivity index (χ2v) is 13.3. The molecule has 3 aromatic rings. The van der Waals surface area contributed by atoms with E-state index < -0.39 is 28.5 Å². The summed E-state index contributed by atoms with van der Waals surface area (Å²) < 4.78 is 34.6. The summed E-state index contributed by atoms with van der Waals surface area (Å²) in [7, 11) is -4.18. The maximum atomic E-state index is 14.2. The van der Waals surface area contributed by atoms with Gasteiger partial charge < -0.3 is 15.0 Å². The van der Waals surface area contributed by atoms with E-state index in [-0.39, 0.29) is 29.0 Å². The van der Waals surface area contributed by atoms with Crippen LogP contribution in [0.4, 0.5) is 5.69 Å². The third-order valence-electron chi connectivity index (χ3n) is 6.75. The molecule has 232 valence electrons. The molecule has 0 aliphatic heterocycles. The Kier molecular flexibility index (Phi) is 12.3. The smallest absolute Gasteiger partial charge is 0.264 e. The summed E-state index contributed by atoms with van der Waals surface area (Å²) in [6.07, 6.45) is 0.300. The Hall–Kier alpha value is -3.27. The van der Waals surface area contributed by atoms with E-state index in [0.29, 0.717) is 40.9 Å². The van der Waals surface area contributed by atoms with Gasteiger partial charge in [-0.25, -0.2) is 8.42 Å². The highest BCUT2D eigenvalue weighted by molar-refractivity contribution is 7.92. The molecule has 11 heteroatoms. The highest BCUT2D eigenvalue weighted by atomic mass is 35.5. The summed E-state index contributed by atoms with van der Waals surface area (Å²) in [6, 6.07) is 17.0. The zero-order chi connectivity index (χ0) is 31.7. The third-order valence-corrected chi connectivity index (χ3v) is 9.12. The lowest BCUT2D eigenvalue weighted by Crippen LogP contribution is -2.52. The maximum Gasteiger partial charge on any atom is 0.264 e. The standard InChI is InChI=1S/C32H39Cl2N3O5S/c1-6-30(32(39)35-19-22(3)4)36(20-24-10-11-25(33)18-29(24)34)31(38)21-37(26-12-14-27(15-13-26)42-7-2)43(40,41)28-16-8-23(5)9-17-28/h8-18,22,30H,6-7,19-21H2,1-5H3,(H,35,39). The zero-order valence-electron chi connectivity index (χ0n) is 25.1. The van der Waals surface area contributed by atoms with Crippen molar-refractivity contribution in [2.45, 2.75) is 58.5 Å². The van der Waals surface area contributed by atoms with Crippen LogP contribution in [0.25, 0.3) is 0 Å². The van der Waals surface area contributed by atoms with Crippen LogP contribution in [-0.4, -0.2) is 50.9 Å². The van der Waals surface area contributed by atoms with E-state index in [1.807, 2.05) is 27.7 Å². The van der Waals surface area contributed by atoms with Crippen molar-refractivity contribution in [1.82, 2.24) is 10.2 Å². The molecule has 0 saturated carbocycles. The summed E-state index contributed by atoms with van der Waals surface area (Å²) >= 11 is 12.6. The predicted molar refractivity (Wildman–Crippen MR) is 172 cm³/mol. The van der Waals surface area contributed by atoms with E-state index in [4.69, 9.17) is 27.9 Å². The number of anilines is 1. The Morgan fingerprint density at radius 1 is 0.953 bits per heavy atom. The minimum atomic E-state index is -4.18. The van der Waals surface area contributed by atoms with Crippen LogP contribution in [0, 0.1) is 12.8 Å². The van der Waals surface area contributed by atoms with E-state index in [1.54, 1.807) is 61.5 Å². The van der Waals surface area contributed by atoms with Gasteiger partial charge in [-0.15, -0.1) is 0 Å². The molecular weight excluding hydrogens is 609 g/mol. The normalized spacial score (nSPS) is 12.1. The number of carbonyl (C=O) groups is 2. The van der Waals surface area contributed by atoms with Crippen molar-refractivity contribution in [3.63, 3.8) is 0 Å². The fraction of sp³-hybridized carbons (Fsp3) is 0.375. The molecule has 43 heavy (non-hydrogen) atoms. The van der Waals surface area contributed by atoms with Crippen molar-refractivity contribution in [1.29, 1.82) is 0 Å². The highest BCUT2D eigenvalue weighted by Gasteiger charge is 2.34. The number of benzene rings is 3. The Bertz CT molecular complexity index is 1500. The fourth-order valence-corrected chi connectivity index (χ4v) is 6.30. The lowest BCUT2D eigenvalue weighted by molar-refractivity contribution is -0.140. The number of rotatable bonds is 14. The molecule has 1 N–H and O–H groups in total. The van der Waals surface area contributed by atoms with Gasteiger partial charge in [0.2, 0.25) is 11.8 Å². The van der Waals surface area contributed by atoms with Gasteiger partial charge in [-0.05, 0) is 80.3 Å². The van der Waals surface area contributed by atoms with Gasteiger partial charge in [0.15, 0.2) is 0 Å². The fourth-order valence-electron chi connectivity index (χ4n) is 4.42. The number of ether oxygens (including phenoxy) is 1. The number of aryl methyl sites for hydroxylation is 1. The number of nitrogens with one attached hydrogen (secondary N) is 1. The minimum Gasteiger partial charge on any atom is -0.494 e. The van der Waals surface area contributed by atoms with Crippen molar-refractivity contribution in [2.75, 3.05) is 24.0 Å². The van der Waals surface area contributed by atoms with Gasteiger partial charge in [0.1, 0.15) is 18.3 Å². The van der Waals surface area contributed by atoms with Crippen molar-refractivity contribution >= 4 is 50.7 Å². The van der Waals surface area contributed by atoms with Gasteiger partial charge in [-0.1, -0.05) is 67.7 Å². The lowest BCUT2D eigenvalue weighted by Gasteiger charge is -2.33. The van der Waals surface area contributed by atoms with Gasteiger partial charge in [0.05, 0.1) is 17.2 Å². The van der Waals surface area contributed by atoms with E-state index in [1.165, 1.54) is 17.0 Å². The summed E-state index contributed by atoms with van der Waals surface area (Å²) in [5, 5.41) is 3.67. The molecular formula is C32H39Cl2N3O5S. The molecule has 0 radical (unpaired) electrons. The molecule has 0 fully saturated rings. The SMILES string of the molecule is CCOc1ccc(N(CC(=O)N(Cc2ccc(Cl)cc2Cl)C(CC)C(=O)NCC(C)C)S(=O)(=O)c2ccc(C)cc2)cc1. The van der Waals surface area contributed by atoms with Crippen LogP contribution in [0.3, 0.4) is 0 Å². The number of hydrogen-bond acceptors (Lipinski definition) is 5. The van der Waals surface area contributed by atoms with Gasteiger partial charge in [-0.3, -0.25) is 13.9 Å². The predicted octanol–water partition coefficient (Wildman–Crippen LogP) is 6.48. The van der Waals surface area contributed by atoms with E-state index in [9.17, 15) is 18.0 Å². The second-order valence-electron chi connectivity index (χ2n) is 10.6. The summed E-state index contributed by atoms with van der Waals surface area (Å²) in [5.41, 5.74) is 1.74. The average Bonchev–Trinajstić information content (AvgIpc) is 2.96. The third kappa shape index (κ3) is 9.11. The zero-order valence-corrected chi connectivity index (χ0v) is 27.5. The van der Waals surface area contributed by atoms with Crippen LogP contribution in [0.5, 0.6) is 5.75 Å². The quantitative estimate of drug-likeness (QED) is 0.216. The van der Waals surface area contributed by atoms with Crippen LogP contribution in [-0.2, 0) is 26.2 Å². The molecule has 0 heterocycles. The minimum absolute atomic E-state index is 0.0237. The van der Waals surface area contributed by atoms with Crippen molar-refractivity contribution in [2.24, 2.45) is 5.92 Å². The molecule has 2 amide bonds. The molecule has 1 atom stereocenters. The van der Waals surface area contributed by atoms with Crippen LogP contribution in [0.2, 0.25) is 10.0 Å². The van der Waals surface area contributed by atoms with Crippen LogP contribution < -0.4 is 14.4 Å². The van der Waals surface area contributed by atoms with E-state index in [0.717, 1.165) is 9.87 Å². The summed E-state index contributed by atoms with van der Waals surface area (Å²) in [6.45, 7) is 9.76. The summed E-state index contributed by atoms with van der Waals surface area (Å²) in [4.78, 5) is 29.0. The molecule has 3 aromatic carbocycles. The largest absolute Gasteiger partial charge is 0.494 e. The second kappa shape index (κ2) is 15.5. The van der Waals surface area contributed by atoms with Gasteiger partial charge in [0, 0.05) is 23.1 Å². The first-order valence-corrected chi connectivity index (χ1v) is 16.4. The number of hydrogen-bond donors (Lipinski definition) is 1. The average molecular weight is 649 g/mol. The number of nitrogens with zero attached hydrogens (tertiary/aromatic N) is 2. The molecule has 0 spiro atoms. The monoisotopic (exact) mass is 647 g/mol. The molecule has 1 unspecified atom stereocenters. The number of sulfonamides is 1.